The van der Waals surface area contributed by atoms with E-state index in [1.165, 1.54) is 4.90 Å². The molecule has 0 aromatic heterocycles. The molecule has 1 heterocycles. The standard InChI is InChI=1S/C15H19NO2/c1-4-11-8-6-7-9-12(11)16-13(17)10-15(3,5-2)14(16)18/h6-9H,4-5,10H2,1-3H3. The van der Waals surface area contributed by atoms with Crippen LogP contribution in [-0.2, 0) is 16.0 Å². The molecule has 1 unspecified atom stereocenters. The molecule has 0 N–H and O–H groups in total. The first-order valence-electron chi connectivity index (χ1n) is 6.48. The predicted molar refractivity (Wildman–Crippen MR) is 71.3 cm³/mol. The lowest BCUT2D eigenvalue weighted by Gasteiger charge is -2.22. The number of aryl methyl sites for hydroxylation is 1. The van der Waals surface area contributed by atoms with Crippen LogP contribution in [0.25, 0.3) is 0 Å². The van der Waals surface area contributed by atoms with Crippen LogP contribution in [-0.4, -0.2) is 11.8 Å². The average molecular weight is 245 g/mol. The summed E-state index contributed by atoms with van der Waals surface area (Å²) in [7, 11) is 0. The van der Waals surface area contributed by atoms with Gasteiger partial charge < -0.3 is 0 Å². The summed E-state index contributed by atoms with van der Waals surface area (Å²) in [5.74, 6) is -0.138. The van der Waals surface area contributed by atoms with Gasteiger partial charge in [-0.3, -0.25) is 9.59 Å². The molecular formula is C15H19NO2. The molecule has 3 heteroatoms. The average Bonchev–Trinajstić information content (AvgIpc) is 2.61. The van der Waals surface area contributed by atoms with Crippen molar-refractivity contribution in [2.75, 3.05) is 4.90 Å². The van der Waals surface area contributed by atoms with E-state index in [1.54, 1.807) is 0 Å². The second-order valence-electron chi connectivity index (χ2n) is 5.11. The molecule has 3 nitrogen and oxygen atoms in total. The molecule has 1 aliphatic heterocycles. The van der Waals surface area contributed by atoms with Crippen LogP contribution in [0.5, 0.6) is 0 Å². The summed E-state index contributed by atoms with van der Waals surface area (Å²) in [5.41, 5.74) is 1.27. The van der Waals surface area contributed by atoms with Crippen molar-refractivity contribution in [3.8, 4) is 0 Å². The fraction of sp³-hybridized carbons (Fsp3) is 0.467. The lowest BCUT2D eigenvalue weighted by molar-refractivity contribution is -0.125. The Morgan fingerprint density at radius 3 is 2.44 bits per heavy atom. The monoisotopic (exact) mass is 245 g/mol. The van der Waals surface area contributed by atoms with Gasteiger partial charge in [0.15, 0.2) is 0 Å². The van der Waals surface area contributed by atoms with E-state index in [-0.39, 0.29) is 11.8 Å². The molecule has 1 saturated heterocycles. The highest BCUT2D eigenvalue weighted by Crippen LogP contribution is 2.39. The Kier molecular flexibility index (Phi) is 3.24. The van der Waals surface area contributed by atoms with E-state index in [2.05, 4.69) is 0 Å². The number of rotatable bonds is 3. The zero-order chi connectivity index (χ0) is 13.3. The van der Waals surface area contributed by atoms with Gasteiger partial charge in [-0.15, -0.1) is 0 Å². The first-order valence-corrected chi connectivity index (χ1v) is 6.48. The van der Waals surface area contributed by atoms with Crippen molar-refractivity contribution in [1.29, 1.82) is 0 Å². The van der Waals surface area contributed by atoms with Crippen LogP contribution in [0.1, 0.15) is 39.2 Å². The van der Waals surface area contributed by atoms with Crippen LogP contribution >= 0.6 is 0 Å². The Balaban J connectivity index is 2.46. The number of carbonyl (C=O) groups is 2. The zero-order valence-corrected chi connectivity index (χ0v) is 11.2. The molecule has 0 bridgehead atoms. The summed E-state index contributed by atoms with van der Waals surface area (Å²) in [4.78, 5) is 26.0. The fourth-order valence-electron chi connectivity index (χ4n) is 2.42. The number of amides is 2. The van der Waals surface area contributed by atoms with Gasteiger partial charge in [-0.2, -0.15) is 0 Å². The lowest BCUT2D eigenvalue weighted by Crippen LogP contribution is -2.34. The van der Waals surface area contributed by atoms with Gasteiger partial charge in [-0.05, 0) is 24.5 Å². The molecule has 18 heavy (non-hydrogen) atoms. The van der Waals surface area contributed by atoms with Crippen molar-refractivity contribution in [3.63, 3.8) is 0 Å². The molecule has 0 radical (unpaired) electrons. The maximum absolute atomic E-state index is 12.4. The maximum Gasteiger partial charge on any atom is 0.240 e. The molecule has 1 aliphatic rings. The van der Waals surface area contributed by atoms with Crippen LogP contribution in [0.2, 0.25) is 0 Å². The van der Waals surface area contributed by atoms with Crippen molar-refractivity contribution in [3.05, 3.63) is 29.8 Å². The van der Waals surface area contributed by atoms with E-state index >= 15 is 0 Å². The van der Waals surface area contributed by atoms with Gasteiger partial charge in [0.2, 0.25) is 11.8 Å². The number of anilines is 1. The third-order valence-electron chi connectivity index (χ3n) is 3.90. The Morgan fingerprint density at radius 1 is 1.22 bits per heavy atom. The van der Waals surface area contributed by atoms with Crippen molar-refractivity contribution < 1.29 is 9.59 Å². The second-order valence-corrected chi connectivity index (χ2v) is 5.11. The Labute approximate surface area is 108 Å². The van der Waals surface area contributed by atoms with Crippen molar-refractivity contribution >= 4 is 17.5 Å². The minimum atomic E-state index is -0.530. The number of benzene rings is 1. The smallest absolute Gasteiger partial charge is 0.240 e. The zero-order valence-electron chi connectivity index (χ0n) is 11.2. The quantitative estimate of drug-likeness (QED) is 0.768. The van der Waals surface area contributed by atoms with Crippen molar-refractivity contribution in [2.24, 2.45) is 5.41 Å². The molecule has 1 fully saturated rings. The molecule has 2 amide bonds. The van der Waals surface area contributed by atoms with Gasteiger partial charge in [-0.1, -0.05) is 39.0 Å². The number of carbonyl (C=O) groups excluding carboxylic acids is 2. The molecule has 0 aliphatic carbocycles. The summed E-state index contributed by atoms with van der Waals surface area (Å²) in [6.45, 7) is 5.87. The van der Waals surface area contributed by atoms with E-state index in [0.29, 0.717) is 12.8 Å². The molecule has 0 spiro atoms. The van der Waals surface area contributed by atoms with E-state index in [0.717, 1.165) is 17.7 Å². The van der Waals surface area contributed by atoms with Crippen LogP contribution in [0.15, 0.2) is 24.3 Å². The van der Waals surface area contributed by atoms with Crippen LogP contribution < -0.4 is 4.90 Å². The van der Waals surface area contributed by atoms with E-state index < -0.39 is 5.41 Å². The highest BCUT2D eigenvalue weighted by molar-refractivity contribution is 6.22. The van der Waals surface area contributed by atoms with E-state index in [1.807, 2.05) is 45.0 Å². The summed E-state index contributed by atoms with van der Waals surface area (Å²) in [6.07, 6.45) is 1.83. The molecule has 96 valence electrons. The molecule has 1 atom stereocenters. The molecular weight excluding hydrogens is 226 g/mol. The SMILES string of the molecule is CCc1ccccc1N1C(=O)CC(C)(CC)C1=O. The Bertz CT molecular complexity index is 495. The third-order valence-corrected chi connectivity index (χ3v) is 3.90. The minimum absolute atomic E-state index is 0.0594. The lowest BCUT2D eigenvalue weighted by atomic mass is 9.86. The number of hydrogen-bond acceptors (Lipinski definition) is 2. The second kappa shape index (κ2) is 4.56. The molecule has 1 aromatic carbocycles. The summed E-state index contributed by atoms with van der Waals surface area (Å²) in [5, 5.41) is 0. The number of para-hydroxylation sites is 1. The largest absolute Gasteiger partial charge is 0.274 e. The topological polar surface area (TPSA) is 37.4 Å². The fourth-order valence-corrected chi connectivity index (χ4v) is 2.42. The maximum atomic E-state index is 12.4. The van der Waals surface area contributed by atoms with Crippen LogP contribution in [0, 0.1) is 5.41 Å². The van der Waals surface area contributed by atoms with Gasteiger partial charge in [-0.25, -0.2) is 4.90 Å². The number of imide groups is 1. The normalized spacial score (nSPS) is 23.8. The van der Waals surface area contributed by atoms with E-state index in [4.69, 9.17) is 0 Å². The van der Waals surface area contributed by atoms with E-state index in [9.17, 15) is 9.59 Å². The van der Waals surface area contributed by atoms with Gasteiger partial charge in [0.25, 0.3) is 0 Å². The van der Waals surface area contributed by atoms with Gasteiger partial charge in [0.1, 0.15) is 0 Å². The number of hydrogen-bond donors (Lipinski definition) is 0. The molecule has 1 aromatic rings. The first kappa shape index (κ1) is 12.8. The van der Waals surface area contributed by atoms with Crippen molar-refractivity contribution in [2.45, 2.75) is 40.0 Å². The van der Waals surface area contributed by atoms with Crippen LogP contribution in [0.4, 0.5) is 5.69 Å². The highest BCUT2D eigenvalue weighted by atomic mass is 16.2. The highest BCUT2D eigenvalue weighted by Gasteiger charge is 2.47. The van der Waals surface area contributed by atoms with Crippen molar-refractivity contribution in [1.82, 2.24) is 0 Å². The Hall–Kier alpha value is -1.64. The van der Waals surface area contributed by atoms with Crippen LogP contribution in [0.3, 0.4) is 0 Å². The molecule has 0 saturated carbocycles. The summed E-state index contributed by atoms with van der Waals surface area (Å²) >= 11 is 0. The Morgan fingerprint density at radius 2 is 1.89 bits per heavy atom. The first-order chi connectivity index (χ1) is 8.53. The van der Waals surface area contributed by atoms with Gasteiger partial charge >= 0.3 is 0 Å². The predicted octanol–water partition coefficient (Wildman–Crippen LogP) is 2.93. The van der Waals surface area contributed by atoms with Gasteiger partial charge in [0.05, 0.1) is 11.1 Å². The minimum Gasteiger partial charge on any atom is -0.274 e. The third kappa shape index (κ3) is 1.84. The van der Waals surface area contributed by atoms with Gasteiger partial charge in [0, 0.05) is 6.42 Å². The number of nitrogens with zero attached hydrogens (tertiary/aromatic N) is 1. The summed E-state index contributed by atoms with van der Waals surface area (Å²) in [6, 6.07) is 7.64. The molecule has 2 rings (SSSR count). The summed E-state index contributed by atoms with van der Waals surface area (Å²) < 4.78 is 0.